The fraction of sp³-hybridized carbons (Fsp3) is 0.875. The molecular formula is C16H25NOS. The predicted octanol–water partition coefficient (Wildman–Crippen LogP) is 4.29. The number of aliphatic imine (C=N–C) groups is 1. The molecule has 2 fully saturated rings. The van der Waals surface area contributed by atoms with Crippen LogP contribution in [0.25, 0.3) is 0 Å². The third-order valence-corrected chi connectivity index (χ3v) is 7.46. The van der Waals surface area contributed by atoms with Gasteiger partial charge in [-0.15, -0.1) is 0 Å². The number of rotatable bonds is 4. The molecule has 4 atom stereocenters. The first-order valence-electron chi connectivity index (χ1n) is 7.86. The van der Waals surface area contributed by atoms with Gasteiger partial charge in [0.05, 0.1) is 5.04 Å². The summed E-state index contributed by atoms with van der Waals surface area (Å²) in [7, 11) is 0. The van der Waals surface area contributed by atoms with Gasteiger partial charge in [-0.2, -0.15) is 0 Å². The van der Waals surface area contributed by atoms with Crippen molar-refractivity contribution in [2.75, 3.05) is 0 Å². The van der Waals surface area contributed by atoms with E-state index in [1.807, 2.05) is 0 Å². The van der Waals surface area contributed by atoms with Gasteiger partial charge in [0, 0.05) is 0 Å². The maximum atomic E-state index is 12.3. The van der Waals surface area contributed by atoms with E-state index in [4.69, 9.17) is 0 Å². The van der Waals surface area contributed by atoms with Crippen molar-refractivity contribution in [3.05, 3.63) is 0 Å². The van der Waals surface area contributed by atoms with Crippen LogP contribution in [0.4, 0.5) is 0 Å². The van der Waals surface area contributed by atoms with Crippen LogP contribution < -0.4 is 0 Å². The van der Waals surface area contributed by atoms with E-state index in [9.17, 15) is 4.79 Å². The topological polar surface area (TPSA) is 29.4 Å². The zero-order valence-corrected chi connectivity index (χ0v) is 13.1. The highest BCUT2D eigenvalue weighted by atomic mass is 32.2. The fourth-order valence-corrected chi connectivity index (χ4v) is 5.78. The molecule has 19 heavy (non-hydrogen) atoms. The van der Waals surface area contributed by atoms with Gasteiger partial charge in [-0.3, -0.25) is 4.79 Å². The Hall–Kier alpha value is -0.310. The monoisotopic (exact) mass is 279 g/mol. The van der Waals surface area contributed by atoms with Crippen LogP contribution in [-0.2, 0) is 4.79 Å². The maximum Gasteiger partial charge on any atom is 0.263 e. The smallest absolute Gasteiger partial charge is 0.263 e. The van der Waals surface area contributed by atoms with Crippen LogP contribution in [0.3, 0.4) is 0 Å². The van der Waals surface area contributed by atoms with E-state index in [0.717, 1.165) is 35.6 Å². The summed E-state index contributed by atoms with van der Waals surface area (Å²) in [6.07, 6.45) is 7.68. The Bertz CT molecular complexity index is 417. The highest BCUT2D eigenvalue weighted by Gasteiger charge is 2.48. The van der Waals surface area contributed by atoms with Crippen LogP contribution in [0.15, 0.2) is 4.99 Å². The molecule has 3 rings (SSSR count). The second kappa shape index (κ2) is 4.91. The van der Waals surface area contributed by atoms with Crippen molar-refractivity contribution >= 4 is 22.7 Å². The van der Waals surface area contributed by atoms with E-state index in [0.29, 0.717) is 5.92 Å². The van der Waals surface area contributed by atoms with Crippen LogP contribution in [0.2, 0.25) is 0 Å². The third-order valence-electron chi connectivity index (χ3n) is 5.67. The molecule has 2 nitrogen and oxygen atoms in total. The van der Waals surface area contributed by atoms with Crippen LogP contribution >= 0.6 is 11.8 Å². The number of thioether (sulfide) groups is 1. The molecule has 0 aromatic rings. The zero-order valence-electron chi connectivity index (χ0n) is 12.3. The van der Waals surface area contributed by atoms with Gasteiger partial charge < -0.3 is 0 Å². The number of carbonyl (C=O) groups excluding carboxylic acids is 1. The van der Waals surface area contributed by atoms with Gasteiger partial charge in [0.1, 0.15) is 4.75 Å². The minimum absolute atomic E-state index is 0.133. The van der Waals surface area contributed by atoms with Gasteiger partial charge >= 0.3 is 0 Å². The molecule has 1 aliphatic heterocycles. The zero-order chi connectivity index (χ0) is 13.6. The van der Waals surface area contributed by atoms with Gasteiger partial charge in [-0.1, -0.05) is 39.0 Å². The number of nitrogens with zero attached hydrogens (tertiary/aromatic N) is 1. The van der Waals surface area contributed by atoms with E-state index in [1.165, 1.54) is 25.7 Å². The van der Waals surface area contributed by atoms with Crippen LogP contribution in [0.1, 0.15) is 59.3 Å². The lowest BCUT2D eigenvalue weighted by Gasteiger charge is -2.28. The first-order chi connectivity index (χ1) is 9.05. The lowest BCUT2D eigenvalue weighted by molar-refractivity contribution is -0.120. The molecule has 0 aromatic carbocycles. The van der Waals surface area contributed by atoms with E-state index in [1.54, 1.807) is 11.8 Å². The molecule has 3 heteroatoms. The first kappa shape index (κ1) is 13.7. The van der Waals surface area contributed by atoms with E-state index >= 15 is 0 Å². The lowest BCUT2D eigenvalue weighted by Crippen LogP contribution is -2.36. The van der Waals surface area contributed by atoms with Crippen molar-refractivity contribution in [2.45, 2.75) is 64.0 Å². The molecule has 0 radical (unpaired) electrons. The summed E-state index contributed by atoms with van der Waals surface area (Å²) in [4.78, 5) is 16.7. The molecule has 0 aromatic heterocycles. The normalized spacial score (nSPS) is 41.4. The minimum atomic E-state index is -0.257. The predicted molar refractivity (Wildman–Crippen MR) is 81.4 cm³/mol. The molecular weight excluding hydrogens is 254 g/mol. The number of hydrogen-bond acceptors (Lipinski definition) is 2. The molecule has 1 heterocycles. The summed E-state index contributed by atoms with van der Waals surface area (Å²) in [5.74, 6) is 3.24. The Balaban J connectivity index is 1.67. The van der Waals surface area contributed by atoms with E-state index in [-0.39, 0.29) is 10.7 Å². The van der Waals surface area contributed by atoms with Crippen LogP contribution in [-0.4, -0.2) is 15.7 Å². The minimum Gasteiger partial charge on any atom is -0.271 e. The molecule has 0 spiro atoms. The highest BCUT2D eigenvalue weighted by molar-refractivity contribution is 8.16. The molecule has 0 unspecified atom stereocenters. The second-order valence-electron chi connectivity index (χ2n) is 6.95. The summed E-state index contributed by atoms with van der Waals surface area (Å²) in [6.45, 7) is 6.44. The summed E-state index contributed by atoms with van der Waals surface area (Å²) in [5.41, 5.74) is 0. The van der Waals surface area contributed by atoms with E-state index in [2.05, 4.69) is 25.8 Å². The van der Waals surface area contributed by atoms with Crippen molar-refractivity contribution in [2.24, 2.45) is 28.7 Å². The Kier molecular flexibility index (Phi) is 3.53. The van der Waals surface area contributed by atoms with Gasteiger partial charge in [-0.05, 0) is 55.8 Å². The summed E-state index contributed by atoms with van der Waals surface area (Å²) in [6, 6.07) is 0. The number of hydrogen-bond donors (Lipinski definition) is 0. The van der Waals surface area contributed by atoms with E-state index < -0.39 is 0 Å². The number of amides is 1. The molecule has 106 valence electrons. The molecule has 0 N–H and O–H groups in total. The standard InChI is InChI=1S/C16H25NOS/c1-4-16(10(2)3)15(18)17-14(19-16)9-13-8-11-5-6-12(13)7-11/h10-13H,4-9H2,1-3H3/t11-,12+,13-,16+/m1/s1. The molecule has 1 amide bonds. The van der Waals surface area contributed by atoms with Gasteiger partial charge in [0.25, 0.3) is 5.91 Å². The van der Waals surface area contributed by atoms with Gasteiger partial charge in [0.2, 0.25) is 0 Å². The Morgan fingerprint density at radius 3 is 2.63 bits per heavy atom. The highest BCUT2D eigenvalue weighted by Crippen LogP contribution is 2.52. The Labute approximate surface area is 120 Å². The molecule has 2 aliphatic carbocycles. The Morgan fingerprint density at radius 1 is 1.37 bits per heavy atom. The largest absolute Gasteiger partial charge is 0.271 e. The van der Waals surface area contributed by atoms with Crippen molar-refractivity contribution in [1.82, 2.24) is 0 Å². The van der Waals surface area contributed by atoms with Gasteiger partial charge in [-0.25, -0.2) is 4.99 Å². The number of carbonyl (C=O) groups is 1. The summed E-state index contributed by atoms with van der Waals surface area (Å²) in [5, 5.41) is 1.14. The molecule has 3 aliphatic rings. The van der Waals surface area contributed by atoms with Crippen LogP contribution in [0.5, 0.6) is 0 Å². The van der Waals surface area contributed by atoms with Crippen LogP contribution in [0, 0.1) is 23.7 Å². The third kappa shape index (κ3) is 2.18. The van der Waals surface area contributed by atoms with Crippen molar-refractivity contribution < 1.29 is 4.79 Å². The van der Waals surface area contributed by atoms with Crippen molar-refractivity contribution in [3.8, 4) is 0 Å². The average molecular weight is 279 g/mol. The fourth-order valence-electron chi connectivity index (χ4n) is 4.42. The summed E-state index contributed by atoms with van der Waals surface area (Å²) < 4.78 is -0.257. The van der Waals surface area contributed by atoms with Crippen molar-refractivity contribution in [1.29, 1.82) is 0 Å². The quantitative estimate of drug-likeness (QED) is 0.768. The molecule has 0 saturated heterocycles. The summed E-state index contributed by atoms with van der Waals surface area (Å²) >= 11 is 1.79. The second-order valence-corrected chi connectivity index (χ2v) is 8.35. The molecule has 2 bridgehead atoms. The number of fused-ring (bicyclic) bond motifs is 2. The SMILES string of the molecule is CC[C@@]1(C(C)C)SC(C[C@H]2C[C@@H]3CC[C@H]2C3)=NC1=O. The van der Waals surface area contributed by atoms with Crippen molar-refractivity contribution in [3.63, 3.8) is 0 Å². The molecule has 2 saturated carbocycles. The van der Waals surface area contributed by atoms with Gasteiger partial charge in [0.15, 0.2) is 0 Å². The average Bonchev–Trinajstić information content (AvgIpc) is 3.03. The lowest BCUT2D eigenvalue weighted by atomic mass is 9.87. The maximum absolute atomic E-state index is 12.3. The first-order valence-corrected chi connectivity index (χ1v) is 8.67. The Morgan fingerprint density at radius 2 is 2.16 bits per heavy atom.